The van der Waals surface area contributed by atoms with Crippen LogP contribution < -0.4 is 5.73 Å². The molecular formula is C16H23N3O5. The van der Waals surface area contributed by atoms with Gasteiger partial charge < -0.3 is 19.9 Å². The lowest BCUT2D eigenvalue weighted by atomic mass is 10.0. The Morgan fingerprint density at radius 2 is 2.12 bits per heavy atom. The van der Waals surface area contributed by atoms with Crippen LogP contribution in [0, 0.1) is 0 Å². The number of carbonyl (C=O) groups excluding carboxylic acids is 2. The summed E-state index contributed by atoms with van der Waals surface area (Å²) in [6.45, 7) is 6.44. The molecule has 8 heteroatoms. The number of nitrogen functional groups attached to an aromatic ring is 1. The Balaban J connectivity index is 2.33. The smallest absolute Gasteiger partial charge is 0.410 e. The summed E-state index contributed by atoms with van der Waals surface area (Å²) in [5, 5.41) is 0. The minimum absolute atomic E-state index is 0.122. The lowest BCUT2D eigenvalue weighted by Gasteiger charge is -2.37. The SMILES string of the molecule is COC(=O)c1cc(C2COCCN2C(=O)OC(C)(C)C)c(N)cn1. The minimum atomic E-state index is -0.610. The van der Waals surface area contributed by atoms with Gasteiger partial charge in [-0.3, -0.25) is 4.90 Å². The Morgan fingerprint density at radius 1 is 1.42 bits per heavy atom. The molecule has 1 aromatic heterocycles. The van der Waals surface area contributed by atoms with Crippen molar-refractivity contribution in [2.75, 3.05) is 32.6 Å². The molecule has 1 aromatic rings. The number of hydrogen-bond acceptors (Lipinski definition) is 7. The zero-order valence-corrected chi connectivity index (χ0v) is 14.4. The maximum Gasteiger partial charge on any atom is 0.410 e. The van der Waals surface area contributed by atoms with Crippen molar-refractivity contribution in [1.29, 1.82) is 0 Å². The maximum absolute atomic E-state index is 12.5. The van der Waals surface area contributed by atoms with E-state index in [1.165, 1.54) is 19.4 Å². The average molecular weight is 337 g/mol. The van der Waals surface area contributed by atoms with E-state index in [0.29, 0.717) is 24.4 Å². The van der Waals surface area contributed by atoms with Crippen molar-refractivity contribution in [3.05, 3.63) is 23.5 Å². The number of amides is 1. The second-order valence-electron chi connectivity index (χ2n) is 6.45. The molecule has 0 spiro atoms. The number of ether oxygens (including phenoxy) is 3. The molecule has 24 heavy (non-hydrogen) atoms. The third-order valence-corrected chi connectivity index (χ3v) is 3.48. The maximum atomic E-state index is 12.5. The van der Waals surface area contributed by atoms with Crippen molar-refractivity contribution in [3.63, 3.8) is 0 Å². The van der Waals surface area contributed by atoms with Gasteiger partial charge in [-0.25, -0.2) is 14.6 Å². The Kier molecular flexibility index (Phi) is 5.28. The van der Waals surface area contributed by atoms with Gasteiger partial charge in [-0.05, 0) is 26.8 Å². The number of hydrogen-bond donors (Lipinski definition) is 1. The fourth-order valence-corrected chi connectivity index (χ4v) is 2.39. The molecule has 1 amide bonds. The van der Waals surface area contributed by atoms with Gasteiger partial charge in [-0.1, -0.05) is 0 Å². The van der Waals surface area contributed by atoms with Crippen LogP contribution in [0.1, 0.15) is 42.9 Å². The van der Waals surface area contributed by atoms with Crippen molar-refractivity contribution < 1.29 is 23.8 Å². The molecule has 2 rings (SSSR count). The minimum Gasteiger partial charge on any atom is -0.464 e. The first-order chi connectivity index (χ1) is 11.2. The molecule has 132 valence electrons. The molecule has 0 bridgehead atoms. The van der Waals surface area contributed by atoms with Gasteiger partial charge in [0.05, 0.1) is 38.2 Å². The molecular weight excluding hydrogens is 314 g/mol. The topological polar surface area (TPSA) is 104 Å². The molecule has 2 heterocycles. The second kappa shape index (κ2) is 7.04. The largest absolute Gasteiger partial charge is 0.464 e. The van der Waals surface area contributed by atoms with Crippen molar-refractivity contribution in [2.24, 2.45) is 0 Å². The summed E-state index contributed by atoms with van der Waals surface area (Å²) < 4.78 is 15.6. The molecule has 0 saturated carbocycles. The van der Waals surface area contributed by atoms with Crippen molar-refractivity contribution in [1.82, 2.24) is 9.88 Å². The Hall–Kier alpha value is -2.35. The number of morpholine rings is 1. The number of pyridine rings is 1. The standard InChI is InChI=1S/C16H23N3O5/c1-16(2,3)24-15(21)19-5-6-23-9-13(19)10-7-12(14(20)22-4)18-8-11(10)17/h7-8,13H,5-6,9,17H2,1-4H3. The van der Waals surface area contributed by atoms with E-state index in [0.717, 1.165) is 0 Å². The third-order valence-electron chi connectivity index (χ3n) is 3.48. The van der Waals surface area contributed by atoms with E-state index in [-0.39, 0.29) is 12.3 Å². The van der Waals surface area contributed by atoms with Crippen LogP contribution in [-0.4, -0.2) is 54.4 Å². The van der Waals surface area contributed by atoms with E-state index in [1.54, 1.807) is 25.7 Å². The predicted octanol–water partition coefficient (Wildman–Crippen LogP) is 1.76. The molecule has 0 aromatic carbocycles. The summed E-state index contributed by atoms with van der Waals surface area (Å²) in [4.78, 5) is 29.7. The highest BCUT2D eigenvalue weighted by atomic mass is 16.6. The van der Waals surface area contributed by atoms with Crippen LogP contribution in [0.4, 0.5) is 10.5 Å². The van der Waals surface area contributed by atoms with Crippen LogP contribution in [-0.2, 0) is 14.2 Å². The van der Waals surface area contributed by atoms with E-state index in [1.807, 2.05) is 0 Å². The lowest BCUT2D eigenvalue weighted by Crippen LogP contribution is -2.46. The fraction of sp³-hybridized carbons (Fsp3) is 0.562. The Bertz CT molecular complexity index is 627. The number of anilines is 1. The second-order valence-corrected chi connectivity index (χ2v) is 6.45. The van der Waals surface area contributed by atoms with E-state index in [2.05, 4.69) is 9.72 Å². The summed E-state index contributed by atoms with van der Waals surface area (Å²) in [5.74, 6) is -0.572. The molecule has 8 nitrogen and oxygen atoms in total. The van der Waals surface area contributed by atoms with Crippen molar-refractivity contribution >= 4 is 17.7 Å². The van der Waals surface area contributed by atoms with E-state index in [9.17, 15) is 9.59 Å². The summed E-state index contributed by atoms with van der Waals surface area (Å²) in [5.41, 5.74) is 6.46. The van der Waals surface area contributed by atoms with Gasteiger partial charge in [0.25, 0.3) is 0 Å². The zero-order chi connectivity index (χ0) is 17.9. The average Bonchev–Trinajstić information content (AvgIpc) is 2.53. The molecule has 0 aliphatic carbocycles. The first-order valence-electron chi connectivity index (χ1n) is 7.64. The lowest BCUT2D eigenvalue weighted by molar-refractivity contribution is -0.0329. The fourth-order valence-electron chi connectivity index (χ4n) is 2.39. The molecule has 1 atom stereocenters. The molecule has 1 fully saturated rings. The number of aromatic nitrogens is 1. The summed E-state index contributed by atoms with van der Waals surface area (Å²) >= 11 is 0. The van der Waals surface area contributed by atoms with Gasteiger partial charge in [0.2, 0.25) is 0 Å². The number of esters is 1. The highest BCUT2D eigenvalue weighted by Gasteiger charge is 2.33. The molecule has 1 aliphatic rings. The van der Waals surface area contributed by atoms with Crippen molar-refractivity contribution in [2.45, 2.75) is 32.4 Å². The highest BCUT2D eigenvalue weighted by Crippen LogP contribution is 2.30. The highest BCUT2D eigenvalue weighted by molar-refractivity contribution is 5.87. The number of carbonyl (C=O) groups is 2. The molecule has 1 unspecified atom stereocenters. The van der Waals surface area contributed by atoms with Gasteiger partial charge >= 0.3 is 12.1 Å². The number of nitrogens with two attached hydrogens (primary N) is 1. The van der Waals surface area contributed by atoms with E-state index in [4.69, 9.17) is 15.2 Å². The van der Waals surface area contributed by atoms with E-state index >= 15 is 0 Å². The molecule has 2 N–H and O–H groups in total. The third kappa shape index (κ3) is 4.14. The van der Waals surface area contributed by atoms with Gasteiger partial charge in [0.1, 0.15) is 11.3 Å². The van der Waals surface area contributed by atoms with Crippen LogP contribution in [0.3, 0.4) is 0 Å². The summed E-state index contributed by atoms with van der Waals surface area (Å²) in [6.07, 6.45) is 0.926. The normalized spacial score (nSPS) is 18.2. The van der Waals surface area contributed by atoms with Crippen LogP contribution >= 0.6 is 0 Å². The van der Waals surface area contributed by atoms with Crippen LogP contribution in [0.25, 0.3) is 0 Å². The molecule has 0 radical (unpaired) electrons. The van der Waals surface area contributed by atoms with Gasteiger partial charge in [-0.2, -0.15) is 0 Å². The zero-order valence-electron chi connectivity index (χ0n) is 14.4. The molecule has 1 aliphatic heterocycles. The van der Waals surface area contributed by atoms with Gasteiger partial charge in [-0.15, -0.1) is 0 Å². The van der Waals surface area contributed by atoms with Gasteiger partial charge in [0, 0.05) is 12.1 Å². The first-order valence-corrected chi connectivity index (χ1v) is 7.64. The van der Waals surface area contributed by atoms with Crippen LogP contribution in [0.5, 0.6) is 0 Å². The Labute approximate surface area is 140 Å². The van der Waals surface area contributed by atoms with Crippen molar-refractivity contribution in [3.8, 4) is 0 Å². The van der Waals surface area contributed by atoms with Gasteiger partial charge in [0.15, 0.2) is 0 Å². The predicted molar refractivity (Wildman–Crippen MR) is 86.5 cm³/mol. The summed E-state index contributed by atoms with van der Waals surface area (Å²) in [7, 11) is 1.27. The summed E-state index contributed by atoms with van der Waals surface area (Å²) in [6, 6.07) is 1.07. The van der Waals surface area contributed by atoms with Crippen LogP contribution in [0.15, 0.2) is 12.3 Å². The first kappa shape index (κ1) is 18.0. The number of methoxy groups -OCH3 is 1. The monoisotopic (exact) mass is 337 g/mol. The number of nitrogens with zero attached hydrogens (tertiary/aromatic N) is 2. The van der Waals surface area contributed by atoms with E-state index < -0.39 is 23.7 Å². The Morgan fingerprint density at radius 3 is 2.75 bits per heavy atom. The molecule has 1 saturated heterocycles. The number of rotatable bonds is 2. The quantitative estimate of drug-likeness (QED) is 0.820. The van der Waals surface area contributed by atoms with Crippen LogP contribution in [0.2, 0.25) is 0 Å².